The van der Waals surface area contributed by atoms with E-state index in [9.17, 15) is 24.6 Å². The number of aryl methyl sites for hydroxylation is 1. The lowest BCUT2D eigenvalue weighted by Crippen LogP contribution is -2.58. The Morgan fingerprint density at radius 3 is 2.28 bits per heavy atom. The standard InChI is InChI=1S/C24H28N2O5S/c1-16(25-19(23(28)29)13-12-17-8-4-2-5-9-17)22(27)26-14-15-32-21(20(26)24(30)31)18-10-6-3-7-11-18/h2-11,16,19-21,25H,12-15H2,1H3,(H,28,29)(H,30,31). The van der Waals surface area contributed by atoms with E-state index in [-0.39, 0.29) is 5.25 Å². The van der Waals surface area contributed by atoms with Gasteiger partial charge in [-0.25, -0.2) is 4.79 Å². The molecule has 0 spiro atoms. The summed E-state index contributed by atoms with van der Waals surface area (Å²) in [4.78, 5) is 38.5. The first-order valence-electron chi connectivity index (χ1n) is 10.6. The molecular formula is C24H28N2O5S. The van der Waals surface area contributed by atoms with Crippen molar-refractivity contribution in [3.63, 3.8) is 0 Å². The van der Waals surface area contributed by atoms with Crippen LogP contribution in [0.1, 0.15) is 29.7 Å². The molecule has 3 rings (SSSR count). The zero-order valence-electron chi connectivity index (χ0n) is 17.9. The van der Waals surface area contributed by atoms with Crippen LogP contribution in [0.4, 0.5) is 0 Å². The molecule has 0 saturated carbocycles. The zero-order valence-corrected chi connectivity index (χ0v) is 18.7. The molecular weight excluding hydrogens is 428 g/mol. The van der Waals surface area contributed by atoms with Crippen LogP contribution in [0.3, 0.4) is 0 Å². The summed E-state index contributed by atoms with van der Waals surface area (Å²) in [6, 6.07) is 16.1. The van der Waals surface area contributed by atoms with Gasteiger partial charge in [0.2, 0.25) is 5.91 Å². The predicted octanol–water partition coefficient (Wildman–Crippen LogP) is 2.82. The molecule has 32 heavy (non-hydrogen) atoms. The fourth-order valence-corrected chi connectivity index (χ4v) is 5.31. The first-order valence-corrected chi connectivity index (χ1v) is 11.7. The number of benzene rings is 2. The molecule has 170 valence electrons. The number of nitrogens with zero attached hydrogens (tertiary/aromatic N) is 1. The Hall–Kier alpha value is -2.84. The number of aliphatic carboxylic acids is 2. The number of hydrogen-bond donors (Lipinski definition) is 3. The van der Waals surface area contributed by atoms with Gasteiger partial charge in [0.25, 0.3) is 0 Å². The highest BCUT2D eigenvalue weighted by molar-refractivity contribution is 7.99. The minimum atomic E-state index is -1.06. The molecule has 4 atom stereocenters. The second-order valence-corrected chi connectivity index (χ2v) is 9.07. The Bertz CT molecular complexity index is 925. The molecule has 3 N–H and O–H groups in total. The lowest BCUT2D eigenvalue weighted by molar-refractivity contribution is -0.151. The van der Waals surface area contributed by atoms with Crippen LogP contribution < -0.4 is 5.32 Å². The number of thioether (sulfide) groups is 1. The van der Waals surface area contributed by atoms with E-state index in [0.717, 1.165) is 11.1 Å². The molecule has 7 nitrogen and oxygen atoms in total. The largest absolute Gasteiger partial charge is 0.480 e. The van der Waals surface area contributed by atoms with E-state index in [1.807, 2.05) is 60.7 Å². The number of hydrogen-bond acceptors (Lipinski definition) is 5. The van der Waals surface area contributed by atoms with E-state index in [1.54, 1.807) is 6.92 Å². The summed E-state index contributed by atoms with van der Waals surface area (Å²) in [6.45, 7) is 1.90. The lowest BCUT2D eigenvalue weighted by Gasteiger charge is -2.40. The Labute approximate surface area is 191 Å². The van der Waals surface area contributed by atoms with Gasteiger partial charge < -0.3 is 15.1 Å². The quantitative estimate of drug-likeness (QED) is 0.533. The number of carbonyl (C=O) groups is 3. The van der Waals surface area contributed by atoms with Gasteiger partial charge >= 0.3 is 11.9 Å². The van der Waals surface area contributed by atoms with Gasteiger partial charge in [0.1, 0.15) is 12.1 Å². The smallest absolute Gasteiger partial charge is 0.327 e. The molecule has 0 bridgehead atoms. The van der Waals surface area contributed by atoms with E-state index in [1.165, 1.54) is 16.7 Å². The summed E-state index contributed by atoms with van der Waals surface area (Å²) in [5.74, 6) is -1.89. The Balaban J connectivity index is 1.70. The molecule has 0 radical (unpaired) electrons. The maximum absolute atomic E-state index is 13.2. The van der Waals surface area contributed by atoms with Gasteiger partial charge in [0.15, 0.2) is 0 Å². The van der Waals surface area contributed by atoms with Crippen molar-refractivity contribution in [2.24, 2.45) is 0 Å². The van der Waals surface area contributed by atoms with Crippen LogP contribution in [0.25, 0.3) is 0 Å². The molecule has 1 heterocycles. The van der Waals surface area contributed by atoms with Gasteiger partial charge in [0, 0.05) is 12.3 Å². The number of amides is 1. The SMILES string of the molecule is CC(NC(CCc1ccccc1)C(=O)O)C(=O)N1CCSC(c2ccccc2)C1C(=O)O. The number of carboxylic acids is 2. The van der Waals surface area contributed by atoms with E-state index in [4.69, 9.17) is 0 Å². The maximum atomic E-state index is 13.2. The summed E-state index contributed by atoms with van der Waals surface area (Å²) < 4.78 is 0. The molecule has 4 unspecified atom stereocenters. The van der Waals surface area contributed by atoms with Crippen LogP contribution in [0.5, 0.6) is 0 Å². The van der Waals surface area contributed by atoms with Crippen LogP contribution >= 0.6 is 11.8 Å². The van der Waals surface area contributed by atoms with E-state index < -0.39 is 36.0 Å². The van der Waals surface area contributed by atoms with E-state index in [0.29, 0.717) is 25.1 Å². The van der Waals surface area contributed by atoms with E-state index >= 15 is 0 Å². The molecule has 1 aliphatic heterocycles. The van der Waals surface area contributed by atoms with Crippen molar-refractivity contribution < 1.29 is 24.6 Å². The molecule has 1 amide bonds. The molecule has 2 aromatic carbocycles. The summed E-state index contributed by atoms with van der Waals surface area (Å²) in [5, 5.41) is 22.1. The van der Waals surface area contributed by atoms with Gasteiger partial charge in [-0.15, -0.1) is 11.8 Å². The van der Waals surface area contributed by atoms with Crippen molar-refractivity contribution >= 4 is 29.6 Å². The van der Waals surface area contributed by atoms with Gasteiger partial charge in [-0.1, -0.05) is 60.7 Å². The average molecular weight is 457 g/mol. The highest BCUT2D eigenvalue weighted by atomic mass is 32.2. The first-order chi connectivity index (χ1) is 15.4. The maximum Gasteiger partial charge on any atom is 0.327 e. The van der Waals surface area contributed by atoms with Crippen molar-refractivity contribution in [1.29, 1.82) is 0 Å². The fraction of sp³-hybridized carbons (Fsp3) is 0.375. The second kappa shape index (κ2) is 11.2. The third kappa shape index (κ3) is 5.89. The zero-order chi connectivity index (χ0) is 23.1. The highest BCUT2D eigenvalue weighted by Gasteiger charge is 2.42. The van der Waals surface area contributed by atoms with Crippen molar-refractivity contribution in [1.82, 2.24) is 10.2 Å². The number of nitrogens with one attached hydrogen (secondary N) is 1. The second-order valence-electron chi connectivity index (χ2n) is 7.82. The predicted molar refractivity (Wildman–Crippen MR) is 124 cm³/mol. The van der Waals surface area contributed by atoms with Gasteiger partial charge in [-0.2, -0.15) is 0 Å². The molecule has 0 aromatic heterocycles. The van der Waals surface area contributed by atoms with Crippen LogP contribution in [0, 0.1) is 0 Å². The third-order valence-corrected chi connectivity index (χ3v) is 6.91. The molecule has 8 heteroatoms. The van der Waals surface area contributed by atoms with Gasteiger partial charge in [-0.05, 0) is 30.9 Å². The van der Waals surface area contributed by atoms with Crippen molar-refractivity contribution in [2.45, 2.75) is 43.1 Å². The van der Waals surface area contributed by atoms with Crippen LogP contribution in [-0.4, -0.2) is 63.4 Å². The van der Waals surface area contributed by atoms with Gasteiger partial charge in [0.05, 0.1) is 11.3 Å². The van der Waals surface area contributed by atoms with E-state index in [2.05, 4.69) is 5.32 Å². The normalized spacial score (nSPS) is 20.3. The number of carboxylic acid groups (broad SMARTS) is 2. The molecule has 1 saturated heterocycles. The average Bonchev–Trinajstić information content (AvgIpc) is 2.81. The molecule has 1 fully saturated rings. The summed E-state index contributed by atoms with van der Waals surface area (Å²) in [6.07, 6.45) is 0.877. The summed E-state index contributed by atoms with van der Waals surface area (Å²) in [7, 11) is 0. The summed E-state index contributed by atoms with van der Waals surface area (Å²) in [5.41, 5.74) is 1.87. The first kappa shape index (κ1) is 23.8. The fourth-order valence-electron chi connectivity index (χ4n) is 3.96. The monoisotopic (exact) mass is 456 g/mol. The number of rotatable bonds is 9. The minimum absolute atomic E-state index is 0.303. The Kier molecular flexibility index (Phi) is 8.30. The lowest BCUT2D eigenvalue weighted by atomic mass is 10.0. The topological polar surface area (TPSA) is 107 Å². The molecule has 2 aromatic rings. The highest BCUT2D eigenvalue weighted by Crippen LogP contribution is 2.38. The van der Waals surface area contributed by atoms with Crippen molar-refractivity contribution in [2.75, 3.05) is 12.3 Å². The number of carbonyl (C=O) groups excluding carboxylic acids is 1. The van der Waals surface area contributed by atoms with Gasteiger partial charge in [-0.3, -0.25) is 14.9 Å². The Morgan fingerprint density at radius 2 is 1.69 bits per heavy atom. The third-order valence-electron chi connectivity index (χ3n) is 5.60. The van der Waals surface area contributed by atoms with Crippen molar-refractivity contribution in [3.05, 3.63) is 71.8 Å². The Morgan fingerprint density at radius 1 is 1.06 bits per heavy atom. The molecule has 0 aliphatic carbocycles. The van der Waals surface area contributed by atoms with Crippen molar-refractivity contribution in [3.8, 4) is 0 Å². The van der Waals surface area contributed by atoms with Crippen LogP contribution in [0.15, 0.2) is 60.7 Å². The molecule has 1 aliphatic rings. The summed E-state index contributed by atoms with van der Waals surface area (Å²) >= 11 is 1.52. The van der Waals surface area contributed by atoms with Crippen LogP contribution in [-0.2, 0) is 20.8 Å². The van der Waals surface area contributed by atoms with Crippen LogP contribution in [0.2, 0.25) is 0 Å². The minimum Gasteiger partial charge on any atom is -0.480 e.